The third-order valence-electron chi connectivity index (χ3n) is 3.10. The minimum absolute atomic E-state index is 0.252. The molecule has 1 heterocycles. The molecule has 0 bridgehead atoms. The van der Waals surface area contributed by atoms with Gasteiger partial charge in [-0.1, -0.05) is 29.8 Å². The molecule has 3 nitrogen and oxygen atoms in total. The van der Waals surface area contributed by atoms with Gasteiger partial charge in [0.25, 0.3) is 0 Å². The van der Waals surface area contributed by atoms with Crippen molar-refractivity contribution < 1.29 is 0 Å². The second-order valence-electron chi connectivity index (χ2n) is 4.37. The first kappa shape index (κ1) is 13.1. The van der Waals surface area contributed by atoms with Gasteiger partial charge in [0.1, 0.15) is 5.82 Å². The average molecular weight is 264 g/mol. The summed E-state index contributed by atoms with van der Waals surface area (Å²) in [7, 11) is 0. The van der Waals surface area contributed by atoms with E-state index in [9.17, 15) is 0 Å². The lowest BCUT2D eigenvalue weighted by molar-refractivity contribution is 0.526. The topological polar surface area (TPSA) is 29.9 Å². The van der Waals surface area contributed by atoms with Gasteiger partial charge in [-0.2, -0.15) is 0 Å². The summed E-state index contributed by atoms with van der Waals surface area (Å²) in [6.45, 7) is 5.95. The Morgan fingerprint density at radius 3 is 2.83 bits per heavy atom. The Morgan fingerprint density at radius 1 is 1.39 bits per heavy atom. The summed E-state index contributed by atoms with van der Waals surface area (Å²) in [4.78, 5) is 4.20. The van der Waals surface area contributed by atoms with Crippen molar-refractivity contribution in [3.63, 3.8) is 0 Å². The number of aryl methyl sites for hydroxylation is 1. The van der Waals surface area contributed by atoms with Crippen molar-refractivity contribution in [2.24, 2.45) is 0 Å². The normalized spacial score (nSPS) is 12.6. The van der Waals surface area contributed by atoms with Crippen molar-refractivity contribution in [3.8, 4) is 0 Å². The van der Waals surface area contributed by atoms with E-state index in [1.54, 1.807) is 0 Å². The Balaban J connectivity index is 1.87. The number of aromatic nitrogens is 2. The Kier molecular flexibility index (Phi) is 4.39. The van der Waals surface area contributed by atoms with Gasteiger partial charge in [0, 0.05) is 36.5 Å². The summed E-state index contributed by atoms with van der Waals surface area (Å²) in [6, 6.07) is 8.20. The van der Waals surface area contributed by atoms with Gasteiger partial charge in [0.2, 0.25) is 0 Å². The second-order valence-corrected chi connectivity index (χ2v) is 4.77. The predicted molar refractivity (Wildman–Crippen MR) is 74.8 cm³/mol. The van der Waals surface area contributed by atoms with Crippen molar-refractivity contribution in [1.82, 2.24) is 14.9 Å². The van der Waals surface area contributed by atoms with Crippen molar-refractivity contribution in [2.45, 2.75) is 26.4 Å². The van der Waals surface area contributed by atoms with E-state index in [-0.39, 0.29) is 6.04 Å². The molecule has 2 aromatic rings. The maximum atomic E-state index is 6.17. The highest BCUT2D eigenvalue weighted by Crippen LogP contribution is 2.21. The molecule has 1 atom stereocenters. The van der Waals surface area contributed by atoms with Gasteiger partial charge < -0.3 is 9.88 Å². The quantitative estimate of drug-likeness (QED) is 0.898. The summed E-state index contributed by atoms with van der Waals surface area (Å²) >= 11 is 6.17. The molecule has 1 aromatic carbocycles. The van der Waals surface area contributed by atoms with Crippen LogP contribution in [-0.4, -0.2) is 16.1 Å². The molecule has 18 heavy (non-hydrogen) atoms. The number of hydrogen-bond acceptors (Lipinski definition) is 2. The molecule has 0 fully saturated rings. The van der Waals surface area contributed by atoms with Gasteiger partial charge in [0.05, 0.1) is 0 Å². The lowest BCUT2D eigenvalue weighted by Crippen LogP contribution is -2.23. The van der Waals surface area contributed by atoms with Crippen LogP contribution in [-0.2, 0) is 6.54 Å². The molecular formula is C14H18ClN3. The lowest BCUT2D eigenvalue weighted by Gasteiger charge is -2.16. The van der Waals surface area contributed by atoms with Crippen LogP contribution in [0.2, 0.25) is 5.02 Å². The van der Waals surface area contributed by atoms with Crippen LogP contribution < -0.4 is 5.32 Å². The van der Waals surface area contributed by atoms with Crippen molar-refractivity contribution >= 4 is 11.6 Å². The Morgan fingerprint density at radius 2 is 2.17 bits per heavy atom. The van der Waals surface area contributed by atoms with Crippen LogP contribution >= 0.6 is 11.6 Å². The molecule has 1 aromatic heterocycles. The molecule has 2 rings (SSSR count). The molecule has 0 unspecified atom stereocenters. The maximum absolute atomic E-state index is 6.17. The number of nitrogens with one attached hydrogen (secondary N) is 1. The number of rotatable bonds is 5. The summed E-state index contributed by atoms with van der Waals surface area (Å²) in [5, 5.41) is 4.29. The third-order valence-corrected chi connectivity index (χ3v) is 3.44. The van der Waals surface area contributed by atoms with E-state index < -0.39 is 0 Å². The molecule has 96 valence electrons. The van der Waals surface area contributed by atoms with Gasteiger partial charge in [0.15, 0.2) is 0 Å². The number of imidazole rings is 1. The molecule has 0 aliphatic carbocycles. The van der Waals surface area contributed by atoms with E-state index in [0.717, 1.165) is 29.5 Å². The number of benzene rings is 1. The van der Waals surface area contributed by atoms with Gasteiger partial charge in [-0.05, 0) is 25.5 Å². The smallest absolute Gasteiger partial charge is 0.105 e. The number of hydrogen-bond donors (Lipinski definition) is 1. The van der Waals surface area contributed by atoms with E-state index >= 15 is 0 Å². The Labute approximate surface area is 113 Å². The predicted octanol–water partition coefficient (Wildman–Crippen LogP) is 3.20. The Hall–Kier alpha value is -1.32. The molecule has 1 N–H and O–H groups in total. The van der Waals surface area contributed by atoms with Gasteiger partial charge >= 0.3 is 0 Å². The van der Waals surface area contributed by atoms with Crippen molar-refractivity contribution in [2.75, 3.05) is 6.54 Å². The first-order valence-corrected chi connectivity index (χ1v) is 6.52. The molecule has 0 amide bonds. The number of halogens is 1. The lowest BCUT2D eigenvalue weighted by atomic mass is 10.1. The first-order chi connectivity index (χ1) is 8.68. The van der Waals surface area contributed by atoms with Gasteiger partial charge in [-0.3, -0.25) is 0 Å². The minimum atomic E-state index is 0.252. The SMILES string of the molecule is Cc1nccn1CCN[C@H](C)c1ccccc1Cl. The zero-order valence-electron chi connectivity index (χ0n) is 10.7. The Bertz CT molecular complexity index is 507. The monoisotopic (exact) mass is 263 g/mol. The van der Waals surface area contributed by atoms with Crippen molar-refractivity contribution in [1.29, 1.82) is 0 Å². The average Bonchev–Trinajstić information content (AvgIpc) is 2.75. The number of nitrogens with zero attached hydrogens (tertiary/aromatic N) is 2. The van der Waals surface area contributed by atoms with E-state index in [4.69, 9.17) is 11.6 Å². The summed E-state index contributed by atoms with van der Waals surface area (Å²) < 4.78 is 2.13. The van der Waals surface area contributed by atoms with Crippen LogP contribution in [0.3, 0.4) is 0 Å². The fourth-order valence-electron chi connectivity index (χ4n) is 1.98. The van der Waals surface area contributed by atoms with Crippen molar-refractivity contribution in [3.05, 3.63) is 53.1 Å². The molecule has 0 radical (unpaired) electrons. The van der Waals surface area contributed by atoms with Gasteiger partial charge in [-0.25, -0.2) is 4.98 Å². The van der Waals surface area contributed by atoms with E-state index in [0.29, 0.717) is 0 Å². The largest absolute Gasteiger partial charge is 0.334 e. The molecule has 0 aliphatic rings. The highest BCUT2D eigenvalue weighted by atomic mass is 35.5. The van der Waals surface area contributed by atoms with E-state index in [2.05, 4.69) is 27.9 Å². The third kappa shape index (κ3) is 3.12. The minimum Gasteiger partial charge on any atom is -0.334 e. The van der Waals surface area contributed by atoms with Crippen LogP contribution in [0, 0.1) is 6.92 Å². The second kappa shape index (κ2) is 6.03. The first-order valence-electron chi connectivity index (χ1n) is 6.14. The fourth-order valence-corrected chi connectivity index (χ4v) is 2.28. The van der Waals surface area contributed by atoms with Crippen LogP contribution in [0.5, 0.6) is 0 Å². The molecule has 4 heteroatoms. The van der Waals surface area contributed by atoms with E-state index in [1.165, 1.54) is 0 Å². The van der Waals surface area contributed by atoms with Crippen LogP contribution in [0.25, 0.3) is 0 Å². The maximum Gasteiger partial charge on any atom is 0.105 e. The highest BCUT2D eigenvalue weighted by Gasteiger charge is 2.07. The molecule has 0 saturated carbocycles. The zero-order valence-corrected chi connectivity index (χ0v) is 11.5. The summed E-state index contributed by atoms with van der Waals surface area (Å²) in [5.74, 6) is 1.04. The van der Waals surface area contributed by atoms with Gasteiger partial charge in [-0.15, -0.1) is 0 Å². The zero-order chi connectivity index (χ0) is 13.0. The van der Waals surface area contributed by atoms with E-state index in [1.807, 2.05) is 37.5 Å². The summed E-state index contributed by atoms with van der Waals surface area (Å²) in [6.07, 6.45) is 3.82. The molecule has 0 spiro atoms. The fraction of sp³-hybridized carbons (Fsp3) is 0.357. The van der Waals surface area contributed by atoms with Crippen LogP contribution in [0.1, 0.15) is 24.4 Å². The van der Waals surface area contributed by atoms with Crippen LogP contribution in [0.4, 0.5) is 0 Å². The standard InChI is InChI=1S/C14H18ClN3/c1-11(13-5-3-4-6-14(13)15)16-7-9-18-10-8-17-12(18)2/h3-6,8,10-11,16H,7,9H2,1-2H3/t11-/m1/s1. The molecule has 0 aliphatic heterocycles. The highest BCUT2D eigenvalue weighted by molar-refractivity contribution is 6.31. The molecular weight excluding hydrogens is 246 g/mol. The van der Waals surface area contributed by atoms with Crippen LogP contribution in [0.15, 0.2) is 36.7 Å². The summed E-state index contributed by atoms with van der Waals surface area (Å²) in [5.41, 5.74) is 1.14. The molecule has 0 saturated heterocycles.